The number of carboxylic acids is 1. The van der Waals surface area contributed by atoms with E-state index < -0.39 is 39.4 Å². The number of hydrogen-bond acceptors (Lipinski definition) is 7. The first kappa shape index (κ1) is 33.3. The van der Waals surface area contributed by atoms with Crippen LogP contribution in [0.15, 0.2) is 48.6 Å². The highest BCUT2D eigenvalue weighted by Crippen LogP contribution is 2.42. The summed E-state index contributed by atoms with van der Waals surface area (Å²) in [5.41, 5.74) is 3.17. The van der Waals surface area contributed by atoms with Crippen molar-refractivity contribution in [3.63, 3.8) is 0 Å². The fourth-order valence-electron chi connectivity index (χ4n) is 6.56. The first-order chi connectivity index (χ1) is 21.6. The molecular formula is C34H43ClN2O7S. The van der Waals surface area contributed by atoms with Crippen LogP contribution in [0.3, 0.4) is 0 Å². The Morgan fingerprint density at radius 1 is 1.16 bits per heavy atom. The number of aryl methyl sites for hydroxylation is 1. The van der Waals surface area contributed by atoms with Crippen LogP contribution < -0.4 is 14.4 Å². The van der Waals surface area contributed by atoms with Gasteiger partial charge in [0.25, 0.3) is 5.91 Å². The molecule has 244 valence electrons. The Kier molecular flexibility index (Phi) is 10.8. The first-order valence-electron chi connectivity index (χ1n) is 16.0. The lowest BCUT2D eigenvalue weighted by Crippen LogP contribution is -2.45. The van der Waals surface area contributed by atoms with Crippen molar-refractivity contribution in [3.05, 3.63) is 70.3 Å². The quantitative estimate of drug-likeness (QED) is 0.376. The number of nitrogens with zero attached hydrogens (tertiary/aromatic N) is 1. The molecule has 45 heavy (non-hydrogen) atoms. The number of carbonyl (C=O) groups excluding carboxylic acids is 1. The second-order valence-corrected chi connectivity index (χ2v) is 14.8. The van der Waals surface area contributed by atoms with Crippen LogP contribution in [0.4, 0.5) is 5.69 Å². The maximum absolute atomic E-state index is 13.4. The average Bonchev–Trinajstić information content (AvgIpc) is 3.01. The molecule has 5 rings (SSSR count). The van der Waals surface area contributed by atoms with Gasteiger partial charge in [-0.25, -0.2) is 17.9 Å². The van der Waals surface area contributed by atoms with Crippen LogP contribution in [-0.4, -0.2) is 55.9 Å². The summed E-state index contributed by atoms with van der Waals surface area (Å²) in [5.74, 6) is -0.753. The van der Waals surface area contributed by atoms with Crippen molar-refractivity contribution in [2.75, 3.05) is 18.0 Å². The molecule has 5 atom stereocenters. The number of ether oxygens (including phenoxy) is 2. The molecule has 2 N–H and O–H groups in total. The van der Waals surface area contributed by atoms with Gasteiger partial charge in [-0.15, -0.1) is 0 Å². The number of carboxylic acid groups (broad SMARTS) is 1. The van der Waals surface area contributed by atoms with Gasteiger partial charge in [-0.1, -0.05) is 36.7 Å². The Labute approximate surface area is 271 Å². The lowest BCUT2D eigenvalue weighted by molar-refractivity contribution is -0.155. The topological polar surface area (TPSA) is 122 Å². The summed E-state index contributed by atoms with van der Waals surface area (Å²) in [6.07, 6.45) is 8.06. The minimum Gasteiger partial charge on any atom is -0.487 e. The zero-order valence-electron chi connectivity index (χ0n) is 25.9. The minimum atomic E-state index is -3.95. The van der Waals surface area contributed by atoms with E-state index in [9.17, 15) is 23.1 Å². The molecule has 2 aromatic rings. The molecule has 0 spiro atoms. The van der Waals surface area contributed by atoms with Gasteiger partial charge >= 0.3 is 5.97 Å². The van der Waals surface area contributed by atoms with E-state index in [1.54, 1.807) is 32.0 Å². The molecule has 2 aliphatic heterocycles. The molecule has 0 radical (unpaired) electrons. The van der Waals surface area contributed by atoms with Gasteiger partial charge in [-0.05, 0) is 112 Å². The second kappa shape index (κ2) is 14.6. The van der Waals surface area contributed by atoms with Crippen molar-refractivity contribution >= 4 is 39.2 Å². The van der Waals surface area contributed by atoms with Gasteiger partial charge in [0, 0.05) is 23.7 Å². The molecule has 2 heterocycles. The summed E-state index contributed by atoms with van der Waals surface area (Å²) in [4.78, 5) is 27.3. The Hall–Kier alpha value is -3.08. The van der Waals surface area contributed by atoms with Crippen LogP contribution in [-0.2, 0) is 32.6 Å². The third-order valence-corrected chi connectivity index (χ3v) is 11.6. The first-order valence-corrected chi connectivity index (χ1v) is 17.9. The third-order valence-electron chi connectivity index (χ3n) is 9.41. The molecule has 2 aromatic carbocycles. The molecule has 0 saturated heterocycles. The van der Waals surface area contributed by atoms with Crippen molar-refractivity contribution in [3.8, 4) is 5.75 Å². The van der Waals surface area contributed by atoms with Gasteiger partial charge in [-0.3, -0.25) is 4.79 Å². The summed E-state index contributed by atoms with van der Waals surface area (Å²) in [6, 6.07) is 10.9. The Bertz CT molecular complexity index is 1530. The van der Waals surface area contributed by atoms with E-state index in [2.05, 4.69) is 9.62 Å². The standard InChI is InChI=1S/C34H43ClN2O7S/c1-3-28-9-4-5-10-31(44-22(2)34(39)40)29-15-12-25(29)20-37-17-7-6-8-23-18-27(35)14-11-26(23)21-43-32-16-13-24(19-30(32)37)33(38)36-45(28,41)42/h5,10-11,13-14,16,18-19,22,25,28-29,31H,3-4,6-9,12,15,17,20-21H2,1-2H3,(H,36,38)(H,39,40)/b10-5+/t22-,25-,28+,29+,31-/m0/s1. The maximum Gasteiger partial charge on any atom is 0.332 e. The molecule has 11 heteroatoms. The highest BCUT2D eigenvalue weighted by Gasteiger charge is 2.39. The van der Waals surface area contributed by atoms with Crippen LogP contribution in [0.25, 0.3) is 0 Å². The number of hydrogen-bond donors (Lipinski definition) is 2. The number of carbonyl (C=O) groups is 2. The Morgan fingerprint density at radius 3 is 2.71 bits per heavy atom. The number of halogens is 1. The maximum atomic E-state index is 13.4. The molecule has 1 amide bonds. The summed E-state index contributed by atoms with van der Waals surface area (Å²) in [6.45, 7) is 5.01. The van der Waals surface area contributed by atoms with E-state index in [4.69, 9.17) is 21.1 Å². The molecule has 1 aliphatic carbocycles. The molecule has 1 fully saturated rings. The predicted octanol–water partition coefficient (Wildman–Crippen LogP) is 6.13. The summed E-state index contributed by atoms with van der Waals surface area (Å²) >= 11 is 6.32. The molecule has 2 bridgehead atoms. The van der Waals surface area contributed by atoms with E-state index >= 15 is 0 Å². The Morgan fingerprint density at radius 2 is 1.98 bits per heavy atom. The van der Waals surface area contributed by atoms with E-state index in [-0.39, 0.29) is 17.4 Å². The highest BCUT2D eigenvalue weighted by molar-refractivity contribution is 7.90. The highest BCUT2D eigenvalue weighted by atomic mass is 35.5. The molecular weight excluding hydrogens is 616 g/mol. The summed E-state index contributed by atoms with van der Waals surface area (Å²) in [5, 5.41) is 9.51. The van der Waals surface area contributed by atoms with Gasteiger partial charge in [0.2, 0.25) is 10.0 Å². The number of anilines is 1. The van der Waals surface area contributed by atoms with Crippen molar-refractivity contribution in [1.29, 1.82) is 0 Å². The smallest absolute Gasteiger partial charge is 0.332 e. The molecule has 0 aromatic heterocycles. The average molecular weight is 659 g/mol. The van der Waals surface area contributed by atoms with Gasteiger partial charge < -0.3 is 19.5 Å². The number of rotatable bonds is 4. The zero-order chi connectivity index (χ0) is 32.1. The van der Waals surface area contributed by atoms with Gasteiger partial charge in [0.05, 0.1) is 17.0 Å². The monoisotopic (exact) mass is 658 g/mol. The molecule has 3 aliphatic rings. The number of sulfonamides is 1. The number of fused-ring (bicyclic) bond motifs is 3. The summed E-state index contributed by atoms with van der Waals surface area (Å²) in [7, 11) is -3.95. The van der Waals surface area contributed by atoms with Gasteiger partial charge in [0.15, 0.2) is 6.10 Å². The number of nitrogens with one attached hydrogen (secondary N) is 1. The molecule has 0 unspecified atom stereocenters. The van der Waals surface area contributed by atoms with Crippen molar-refractivity contribution in [1.82, 2.24) is 4.72 Å². The SMILES string of the molecule is CC[C@@H]1CC/C=C/[C@H](O[C@@H](C)C(=O)O)[C@@H]2CC[C@H]2CN2CCCCc3cc(Cl)ccc3COc3ccc(cc32)C(=O)NS1(=O)=O. The van der Waals surface area contributed by atoms with Crippen molar-refractivity contribution in [2.24, 2.45) is 11.8 Å². The largest absolute Gasteiger partial charge is 0.487 e. The van der Waals surface area contributed by atoms with Crippen molar-refractivity contribution in [2.45, 2.75) is 89.3 Å². The number of aliphatic carboxylic acids is 1. The van der Waals surface area contributed by atoms with Crippen molar-refractivity contribution < 1.29 is 32.6 Å². The lowest BCUT2D eigenvalue weighted by Gasteiger charge is -2.44. The summed E-state index contributed by atoms with van der Waals surface area (Å²) < 4.78 is 41.4. The van der Waals surface area contributed by atoms with Crippen LogP contribution in [0, 0.1) is 11.8 Å². The van der Waals surface area contributed by atoms with Crippen LogP contribution in [0.2, 0.25) is 5.02 Å². The molecule has 1 saturated carbocycles. The van der Waals surface area contributed by atoms with E-state index in [1.165, 1.54) is 0 Å². The van der Waals surface area contributed by atoms with E-state index in [0.29, 0.717) is 49.7 Å². The lowest BCUT2D eigenvalue weighted by atomic mass is 9.70. The zero-order valence-corrected chi connectivity index (χ0v) is 27.5. The second-order valence-electron chi connectivity index (χ2n) is 12.4. The Balaban J connectivity index is 1.54. The number of benzene rings is 2. The molecule has 9 nitrogen and oxygen atoms in total. The fraction of sp³-hybridized carbons (Fsp3) is 0.529. The number of amides is 1. The van der Waals surface area contributed by atoms with Gasteiger partial charge in [0.1, 0.15) is 12.4 Å². The van der Waals surface area contributed by atoms with Crippen LogP contribution in [0.1, 0.15) is 80.3 Å². The van der Waals surface area contributed by atoms with Crippen LogP contribution in [0.5, 0.6) is 5.75 Å². The van der Waals surface area contributed by atoms with Crippen LogP contribution >= 0.6 is 11.6 Å². The predicted molar refractivity (Wildman–Crippen MR) is 174 cm³/mol. The minimum absolute atomic E-state index is 0.0992. The third kappa shape index (κ3) is 8.02. The number of allylic oxidation sites excluding steroid dienone is 1. The normalized spacial score (nSPS) is 26.8. The fourth-order valence-corrected chi connectivity index (χ4v) is 8.18. The van der Waals surface area contributed by atoms with E-state index in [1.807, 2.05) is 30.4 Å². The van der Waals surface area contributed by atoms with E-state index in [0.717, 1.165) is 48.9 Å². The van der Waals surface area contributed by atoms with Gasteiger partial charge in [-0.2, -0.15) is 0 Å².